The Morgan fingerprint density at radius 1 is 1.29 bits per heavy atom. The first-order valence-corrected chi connectivity index (χ1v) is 12.4. The summed E-state index contributed by atoms with van der Waals surface area (Å²) in [7, 11) is -1.14. The van der Waals surface area contributed by atoms with Crippen molar-refractivity contribution >= 4 is 62.7 Å². The predicted molar refractivity (Wildman–Crippen MR) is 131 cm³/mol. The summed E-state index contributed by atoms with van der Waals surface area (Å²) in [4.78, 5) is 10.4. The second kappa shape index (κ2) is 11.3. The van der Waals surface area contributed by atoms with E-state index in [1.165, 1.54) is 11.1 Å². The van der Waals surface area contributed by atoms with Gasteiger partial charge in [-0.15, -0.1) is 35.3 Å². The quantitative estimate of drug-likeness (QED) is 0.314. The van der Waals surface area contributed by atoms with E-state index in [9.17, 15) is 8.42 Å². The van der Waals surface area contributed by atoms with Crippen molar-refractivity contribution in [2.24, 2.45) is 10.4 Å². The molecule has 6 nitrogen and oxygen atoms in total. The number of guanidine groups is 1. The second-order valence-electron chi connectivity index (χ2n) is 7.91. The summed E-state index contributed by atoms with van der Waals surface area (Å²) in [6.07, 6.45) is 1.92. The molecule has 162 valence electrons. The van der Waals surface area contributed by atoms with Crippen molar-refractivity contribution in [3.63, 3.8) is 0 Å². The van der Waals surface area contributed by atoms with Crippen LogP contribution in [0.5, 0.6) is 0 Å². The van der Waals surface area contributed by atoms with E-state index in [2.05, 4.69) is 40.0 Å². The van der Waals surface area contributed by atoms with Crippen molar-refractivity contribution in [1.82, 2.24) is 15.1 Å². The number of nitrogens with zero attached hydrogens (tertiary/aromatic N) is 3. The van der Waals surface area contributed by atoms with Gasteiger partial charge >= 0.3 is 0 Å². The molecule has 1 fully saturated rings. The molecule has 0 aliphatic carbocycles. The molecule has 10 heteroatoms. The molecule has 0 unspecified atom stereocenters. The lowest BCUT2D eigenvalue weighted by molar-refractivity contribution is 0.172. The number of piperazine rings is 1. The maximum atomic E-state index is 11.4. The molecule has 0 radical (unpaired) electrons. The van der Waals surface area contributed by atoms with Crippen LogP contribution < -0.4 is 5.32 Å². The number of nitrogens with one attached hydrogen (secondary N) is 1. The first kappa shape index (κ1) is 25.9. The highest BCUT2D eigenvalue weighted by atomic mass is 127. The predicted octanol–water partition coefficient (Wildman–Crippen LogP) is 3.17. The van der Waals surface area contributed by atoms with Gasteiger partial charge in [0.15, 0.2) is 5.96 Å². The van der Waals surface area contributed by atoms with Gasteiger partial charge in [-0.1, -0.05) is 25.4 Å². The lowest BCUT2D eigenvalue weighted by Gasteiger charge is -2.37. The summed E-state index contributed by atoms with van der Waals surface area (Å²) < 4.78 is 23.7. The lowest BCUT2D eigenvalue weighted by atomic mass is 9.90. The fourth-order valence-electron chi connectivity index (χ4n) is 2.98. The number of aliphatic imine (C=N–C) groups is 1. The zero-order chi connectivity index (χ0) is 20.1. The van der Waals surface area contributed by atoms with E-state index in [4.69, 9.17) is 11.6 Å². The SMILES string of the molecule is CN=C(NCC(C)(C)CCS(C)(=O)=O)N1CCN(Cc2ccc(Cl)s2)CC1.I. The van der Waals surface area contributed by atoms with Crippen LogP contribution in [0.1, 0.15) is 25.1 Å². The first-order chi connectivity index (χ1) is 12.6. The third-order valence-corrected chi connectivity index (χ3v) is 6.93. The zero-order valence-corrected chi connectivity index (χ0v) is 21.8. The van der Waals surface area contributed by atoms with Gasteiger partial charge in [-0.2, -0.15) is 0 Å². The number of thiophene rings is 1. The molecule has 0 aromatic carbocycles. The van der Waals surface area contributed by atoms with E-state index in [0.29, 0.717) is 13.0 Å². The molecule has 1 aromatic heterocycles. The maximum absolute atomic E-state index is 11.4. The normalized spacial score (nSPS) is 16.8. The second-order valence-corrected chi connectivity index (χ2v) is 12.0. The Balaban J connectivity index is 0.00000392. The highest BCUT2D eigenvalue weighted by molar-refractivity contribution is 14.0. The van der Waals surface area contributed by atoms with Crippen molar-refractivity contribution in [2.75, 3.05) is 51.8 Å². The van der Waals surface area contributed by atoms with Crippen molar-refractivity contribution < 1.29 is 8.42 Å². The van der Waals surface area contributed by atoms with Crippen LogP contribution in [0.2, 0.25) is 4.34 Å². The third kappa shape index (κ3) is 9.15. The van der Waals surface area contributed by atoms with E-state index >= 15 is 0 Å². The van der Waals surface area contributed by atoms with Crippen LogP contribution in [0.25, 0.3) is 0 Å². The Labute approximate surface area is 195 Å². The minimum absolute atomic E-state index is 0. The Bertz CT molecular complexity index is 745. The van der Waals surface area contributed by atoms with Crippen molar-refractivity contribution in [1.29, 1.82) is 0 Å². The summed E-state index contributed by atoms with van der Waals surface area (Å²) in [6.45, 7) is 9.61. The van der Waals surface area contributed by atoms with Crippen molar-refractivity contribution in [3.8, 4) is 0 Å². The summed E-state index contributed by atoms with van der Waals surface area (Å²) in [5, 5.41) is 3.43. The number of hydrogen-bond acceptors (Lipinski definition) is 5. The van der Waals surface area contributed by atoms with E-state index in [1.807, 2.05) is 6.07 Å². The average molecular weight is 563 g/mol. The third-order valence-electron chi connectivity index (χ3n) is 4.77. The molecule has 2 heterocycles. The molecule has 0 saturated carbocycles. The fraction of sp³-hybridized carbons (Fsp3) is 0.722. The van der Waals surface area contributed by atoms with Crippen LogP contribution in [0.3, 0.4) is 0 Å². The molecule has 1 aliphatic rings. The molecule has 0 bridgehead atoms. The number of halogens is 2. The van der Waals surface area contributed by atoms with Gasteiger partial charge in [0.05, 0.1) is 10.1 Å². The Hall–Kier alpha value is -0.1000. The zero-order valence-electron chi connectivity index (χ0n) is 17.1. The highest BCUT2D eigenvalue weighted by Crippen LogP contribution is 2.23. The van der Waals surface area contributed by atoms with Gasteiger partial charge in [-0.25, -0.2) is 8.42 Å². The average Bonchev–Trinajstić information content (AvgIpc) is 2.99. The number of hydrogen-bond donors (Lipinski definition) is 1. The van der Waals surface area contributed by atoms with Crippen LogP contribution >= 0.6 is 46.9 Å². The molecule has 0 amide bonds. The van der Waals surface area contributed by atoms with E-state index in [-0.39, 0.29) is 35.1 Å². The summed E-state index contributed by atoms with van der Waals surface area (Å²) >= 11 is 7.66. The monoisotopic (exact) mass is 562 g/mol. The van der Waals surface area contributed by atoms with Gasteiger partial charge in [-0.05, 0) is 24.0 Å². The topological polar surface area (TPSA) is 65.0 Å². The van der Waals surface area contributed by atoms with Crippen molar-refractivity contribution in [3.05, 3.63) is 21.3 Å². The fourth-order valence-corrected chi connectivity index (χ4v) is 5.03. The minimum atomic E-state index is -2.93. The van der Waals surface area contributed by atoms with Crippen LogP contribution in [-0.4, -0.2) is 76.0 Å². The van der Waals surface area contributed by atoms with Gasteiger partial charge in [-0.3, -0.25) is 9.89 Å². The smallest absolute Gasteiger partial charge is 0.193 e. The van der Waals surface area contributed by atoms with Crippen LogP contribution in [0, 0.1) is 5.41 Å². The van der Waals surface area contributed by atoms with E-state index in [1.54, 1.807) is 18.4 Å². The van der Waals surface area contributed by atoms with Crippen LogP contribution in [0.15, 0.2) is 17.1 Å². The van der Waals surface area contributed by atoms with Crippen LogP contribution in [0.4, 0.5) is 0 Å². The molecule has 1 N–H and O–H groups in total. The summed E-state index contributed by atoms with van der Waals surface area (Å²) in [5.74, 6) is 1.10. The van der Waals surface area contributed by atoms with Gasteiger partial charge in [0.25, 0.3) is 0 Å². The molecular weight excluding hydrogens is 531 g/mol. The maximum Gasteiger partial charge on any atom is 0.193 e. The molecule has 0 atom stereocenters. The van der Waals surface area contributed by atoms with Gasteiger partial charge in [0, 0.05) is 57.4 Å². The van der Waals surface area contributed by atoms with E-state index < -0.39 is 9.84 Å². The summed E-state index contributed by atoms with van der Waals surface area (Å²) in [5.41, 5.74) is -0.112. The minimum Gasteiger partial charge on any atom is -0.356 e. The molecule has 0 spiro atoms. The molecule has 28 heavy (non-hydrogen) atoms. The van der Waals surface area contributed by atoms with Crippen LogP contribution in [-0.2, 0) is 16.4 Å². The van der Waals surface area contributed by atoms with Gasteiger partial charge in [0.2, 0.25) is 0 Å². The Morgan fingerprint density at radius 3 is 2.43 bits per heavy atom. The first-order valence-electron chi connectivity index (χ1n) is 9.18. The Morgan fingerprint density at radius 2 is 1.93 bits per heavy atom. The largest absolute Gasteiger partial charge is 0.356 e. The molecular formula is C18H32ClIN4O2S2. The highest BCUT2D eigenvalue weighted by Gasteiger charge is 2.24. The standard InChI is InChI=1S/C18H31ClN4O2S2.HI/c1-18(2,7-12-27(4,24)25)14-21-17(20-3)23-10-8-22(9-11-23)13-15-5-6-16(19)26-15;/h5-6H,7-14H2,1-4H3,(H,20,21);1H. The van der Waals surface area contributed by atoms with Gasteiger partial charge in [0.1, 0.15) is 9.84 Å². The summed E-state index contributed by atoms with van der Waals surface area (Å²) in [6, 6.07) is 4.05. The van der Waals surface area contributed by atoms with E-state index in [0.717, 1.165) is 43.0 Å². The lowest BCUT2D eigenvalue weighted by Crippen LogP contribution is -2.53. The van der Waals surface area contributed by atoms with Gasteiger partial charge < -0.3 is 10.2 Å². The molecule has 1 saturated heterocycles. The number of rotatable bonds is 7. The van der Waals surface area contributed by atoms with Crippen molar-refractivity contribution in [2.45, 2.75) is 26.8 Å². The molecule has 1 aliphatic heterocycles. The molecule has 1 aromatic rings. The number of sulfone groups is 1. The molecule has 2 rings (SSSR count). The Kier molecular flexibility index (Phi) is 10.5.